The molecule has 0 spiro atoms. The summed E-state index contributed by atoms with van der Waals surface area (Å²) < 4.78 is 2.16. The second-order valence-electron chi connectivity index (χ2n) is 4.64. The van der Waals surface area contributed by atoms with Crippen LogP contribution in [0.25, 0.3) is 23.2 Å². The van der Waals surface area contributed by atoms with Gasteiger partial charge in [0.15, 0.2) is 0 Å². The van der Waals surface area contributed by atoms with Crippen molar-refractivity contribution in [2.45, 2.75) is 6.54 Å². The largest absolute Gasteiger partial charge is 0.329 e. The van der Waals surface area contributed by atoms with Crippen molar-refractivity contribution in [2.24, 2.45) is 5.73 Å². The molecular formula is C17H17N3. The van der Waals surface area contributed by atoms with E-state index in [4.69, 9.17) is 5.73 Å². The van der Waals surface area contributed by atoms with Crippen molar-refractivity contribution in [3.8, 4) is 0 Å². The van der Waals surface area contributed by atoms with Crippen molar-refractivity contribution in [3.63, 3.8) is 0 Å². The first-order valence-electron chi connectivity index (χ1n) is 6.77. The lowest BCUT2D eigenvalue weighted by atomic mass is 10.2. The minimum atomic E-state index is 0.604. The predicted molar refractivity (Wildman–Crippen MR) is 84.2 cm³/mol. The third-order valence-corrected chi connectivity index (χ3v) is 3.26. The topological polar surface area (TPSA) is 43.8 Å². The van der Waals surface area contributed by atoms with Crippen LogP contribution < -0.4 is 5.73 Å². The Labute approximate surface area is 118 Å². The number of benzene rings is 2. The molecule has 20 heavy (non-hydrogen) atoms. The van der Waals surface area contributed by atoms with Crippen LogP contribution in [0.3, 0.4) is 0 Å². The molecule has 3 heteroatoms. The zero-order valence-corrected chi connectivity index (χ0v) is 11.2. The highest BCUT2D eigenvalue weighted by Crippen LogP contribution is 2.17. The van der Waals surface area contributed by atoms with Gasteiger partial charge in [-0.15, -0.1) is 0 Å². The molecule has 0 bridgehead atoms. The van der Waals surface area contributed by atoms with Crippen LogP contribution in [-0.4, -0.2) is 16.1 Å². The lowest BCUT2D eigenvalue weighted by molar-refractivity contribution is 0.721. The van der Waals surface area contributed by atoms with E-state index in [-0.39, 0.29) is 0 Å². The van der Waals surface area contributed by atoms with E-state index >= 15 is 0 Å². The molecule has 3 aromatic rings. The molecule has 0 saturated carbocycles. The fraction of sp³-hybridized carbons (Fsp3) is 0.118. The van der Waals surface area contributed by atoms with E-state index in [2.05, 4.69) is 33.8 Å². The minimum absolute atomic E-state index is 0.604. The molecule has 1 heterocycles. The van der Waals surface area contributed by atoms with Crippen molar-refractivity contribution in [3.05, 3.63) is 66.0 Å². The average Bonchev–Trinajstić information content (AvgIpc) is 2.85. The number of hydrogen-bond acceptors (Lipinski definition) is 2. The van der Waals surface area contributed by atoms with Gasteiger partial charge in [0.05, 0.1) is 11.0 Å². The molecule has 0 aliphatic rings. The third-order valence-electron chi connectivity index (χ3n) is 3.26. The Hall–Kier alpha value is -2.39. The highest BCUT2D eigenvalue weighted by Gasteiger charge is 2.06. The predicted octanol–water partition coefficient (Wildman–Crippen LogP) is 3.17. The summed E-state index contributed by atoms with van der Waals surface area (Å²) in [5, 5.41) is 0. The van der Waals surface area contributed by atoms with Gasteiger partial charge in [-0.1, -0.05) is 48.5 Å². The number of para-hydroxylation sites is 2. The summed E-state index contributed by atoms with van der Waals surface area (Å²) in [5.74, 6) is 0.945. The van der Waals surface area contributed by atoms with Crippen LogP contribution in [0.2, 0.25) is 0 Å². The van der Waals surface area contributed by atoms with Crippen molar-refractivity contribution >= 4 is 23.2 Å². The number of hydrogen-bond donors (Lipinski definition) is 1. The lowest BCUT2D eigenvalue weighted by Crippen LogP contribution is -2.10. The highest BCUT2D eigenvalue weighted by molar-refractivity contribution is 5.79. The fourth-order valence-electron chi connectivity index (χ4n) is 2.32. The maximum Gasteiger partial charge on any atom is 0.133 e. The molecule has 2 N–H and O–H groups in total. The smallest absolute Gasteiger partial charge is 0.133 e. The van der Waals surface area contributed by atoms with Gasteiger partial charge in [-0.2, -0.15) is 0 Å². The summed E-state index contributed by atoms with van der Waals surface area (Å²) in [6, 6.07) is 18.4. The summed E-state index contributed by atoms with van der Waals surface area (Å²) in [6.45, 7) is 1.38. The maximum atomic E-state index is 5.71. The van der Waals surface area contributed by atoms with E-state index in [0.717, 1.165) is 23.4 Å². The molecule has 2 aromatic carbocycles. The van der Waals surface area contributed by atoms with Gasteiger partial charge in [0.2, 0.25) is 0 Å². The van der Waals surface area contributed by atoms with Crippen molar-refractivity contribution in [1.82, 2.24) is 9.55 Å². The van der Waals surface area contributed by atoms with Gasteiger partial charge in [0.1, 0.15) is 5.82 Å². The van der Waals surface area contributed by atoms with Crippen molar-refractivity contribution < 1.29 is 0 Å². The average molecular weight is 263 g/mol. The van der Waals surface area contributed by atoms with E-state index in [1.165, 1.54) is 5.56 Å². The molecule has 1 aromatic heterocycles. The maximum absolute atomic E-state index is 5.71. The number of rotatable bonds is 4. The van der Waals surface area contributed by atoms with Gasteiger partial charge >= 0.3 is 0 Å². The summed E-state index contributed by atoms with van der Waals surface area (Å²) in [7, 11) is 0. The number of imidazole rings is 1. The Balaban J connectivity index is 2.02. The van der Waals surface area contributed by atoms with Gasteiger partial charge in [0.25, 0.3) is 0 Å². The lowest BCUT2D eigenvalue weighted by Gasteiger charge is -2.04. The second kappa shape index (κ2) is 5.72. The second-order valence-corrected chi connectivity index (χ2v) is 4.64. The van der Waals surface area contributed by atoms with E-state index < -0.39 is 0 Å². The van der Waals surface area contributed by atoms with E-state index in [1.807, 2.05) is 42.5 Å². The summed E-state index contributed by atoms with van der Waals surface area (Å²) in [5.41, 5.74) is 9.02. The van der Waals surface area contributed by atoms with Crippen molar-refractivity contribution in [2.75, 3.05) is 6.54 Å². The Bertz CT molecular complexity index is 726. The van der Waals surface area contributed by atoms with Crippen LogP contribution in [0.15, 0.2) is 54.6 Å². The Morgan fingerprint density at radius 1 is 0.950 bits per heavy atom. The zero-order chi connectivity index (χ0) is 13.8. The van der Waals surface area contributed by atoms with Crippen LogP contribution in [-0.2, 0) is 6.54 Å². The molecule has 3 nitrogen and oxygen atoms in total. The first-order valence-corrected chi connectivity index (χ1v) is 6.77. The first-order chi connectivity index (χ1) is 9.88. The monoisotopic (exact) mass is 263 g/mol. The van der Waals surface area contributed by atoms with Crippen LogP contribution in [0.4, 0.5) is 0 Å². The normalized spacial score (nSPS) is 11.4. The van der Waals surface area contributed by atoms with Crippen LogP contribution in [0.1, 0.15) is 11.4 Å². The van der Waals surface area contributed by atoms with Gasteiger partial charge in [-0.05, 0) is 23.8 Å². The molecule has 0 amide bonds. The highest BCUT2D eigenvalue weighted by atomic mass is 15.1. The molecule has 0 saturated heterocycles. The summed E-state index contributed by atoms with van der Waals surface area (Å²) >= 11 is 0. The zero-order valence-electron chi connectivity index (χ0n) is 11.2. The van der Waals surface area contributed by atoms with E-state index in [9.17, 15) is 0 Å². The number of nitrogens with zero attached hydrogens (tertiary/aromatic N) is 2. The number of aromatic nitrogens is 2. The van der Waals surface area contributed by atoms with Gasteiger partial charge in [-0.3, -0.25) is 0 Å². The Morgan fingerprint density at radius 2 is 1.70 bits per heavy atom. The van der Waals surface area contributed by atoms with E-state index in [0.29, 0.717) is 6.54 Å². The van der Waals surface area contributed by atoms with Crippen LogP contribution in [0, 0.1) is 0 Å². The molecule has 3 rings (SSSR count). The first kappa shape index (κ1) is 12.6. The third kappa shape index (κ3) is 2.49. The molecule has 0 unspecified atom stereocenters. The van der Waals surface area contributed by atoms with Crippen LogP contribution >= 0.6 is 0 Å². The molecule has 0 fully saturated rings. The van der Waals surface area contributed by atoms with Crippen molar-refractivity contribution in [1.29, 1.82) is 0 Å². The molecular weight excluding hydrogens is 246 g/mol. The number of fused-ring (bicyclic) bond motifs is 1. The fourth-order valence-corrected chi connectivity index (χ4v) is 2.32. The Morgan fingerprint density at radius 3 is 2.50 bits per heavy atom. The summed E-state index contributed by atoms with van der Waals surface area (Å²) in [4.78, 5) is 4.67. The van der Waals surface area contributed by atoms with Crippen LogP contribution in [0.5, 0.6) is 0 Å². The quantitative estimate of drug-likeness (QED) is 0.785. The summed E-state index contributed by atoms with van der Waals surface area (Å²) in [6.07, 6.45) is 4.12. The molecule has 0 aliphatic carbocycles. The Kier molecular flexibility index (Phi) is 3.61. The SMILES string of the molecule is NCCn1c(/C=C/c2ccccc2)nc2ccccc21. The molecule has 0 radical (unpaired) electrons. The molecule has 0 atom stereocenters. The van der Waals surface area contributed by atoms with Gasteiger partial charge in [0, 0.05) is 13.1 Å². The van der Waals surface area contributed by atoms with Gasteiger partial charge in [-0.25, -0.2) is 4.98 Å². The standard InChI is InChI=1S/C17H17N3/c18-12-13-20-16-9-5-4-8-15(16)19-17(20)11-10-14-6-2-1-3-7-14/h1-11H,12-13,18H2/b11-10+. The van der Waals surface area contributed by atoms with E-state index in [1.54, 1.807) is 0 Å². The number of nitrogens with two attached hydrogens (primary N) is 1. The molecule has 0 aliphatic heterocycles. The van der Waals surface area contributed by atoms with Gasteiger partial charge < -0.3 is 10.3 Å². The minimum Gasteiger partial charge on any atom is -0.329 e. The molecule has 100 valence electrons.